The van der Waals surface area contributed by atoms with E-state index in [1.807, 2.05) is 0 Å². The summed E-state index contributed by atoms with van der Waals surface area (Å²) in [7, 11) is -3.99. The van der Waals surface area contributed by atoms with Crippen LogP contribution in [-0.4, -0.2) is 14.5 Å². The van der Waals surface area contributed by atoms with Crippen LogP contribution in [0.2, 0.25) is 5.02 Å². The first-order chi connectivity index (χ1) is 12.3. The molecule has 2 aliphatic rings. The van der Waals surface area contributed by atoms with Crippen LogP contribution in [0.1, 0.15) is 37.7 Å². The summed E-state index contributed by atoms with van der Waals surface area (Å²) in [4.78, 5) is 0.0547. The van der Waals surface area contributed by atoms with Gasteiger partial charge >= 0.3 is 0 Å². The van der Waals surface area contributed by atoms with E-state index in [0.717, 1.165) is 18.6 Å². The van der Waals surface area contributed by atoms with Gasteiger partial charge in [0.05, 0.1) is 10.5 Å². The molecule has 1 aliphatic carbocycles. The largest absolute Gasteiger partial charge is 0.487 e. The van der Waals surface area contributed by atoms with Crippen LogP contribution >= 0.6 is 11.6 Å². The maximum atomic E-state index is 14.8. The van der Waals surface area contributed by atoms with Crippen LogP contribution in [0.5, 0.6) is 5.75 Å². The summed E-state index contributed by atoms with van der Waals surface area (Å²) < 4.78 is 60.6. The Morgan fingerprint density at radius 1 is 1.04 bits per heavy atom. The van der Waals surface area contributed by atoms with Crippen molar-refractivity contribution in [1.29, 1.82) is 0 Å². The summed E-state index contributed by atoms with van der Waals surface area (Å²) in [5.41, 5.74) is -0.175. The molecule has 1 saturated carbocycles. The number of ether oxygens (including phenoxy) is 1. The topological polar surface area (TPSA) is 43.4 Å². The van der Waals surface area contributed by atoms with E-state index in [-0.39, 0.29) is 29.1 Å². The Morgan fingerprint density at radius 3 is 2.46 bits per heavy atom. The number of hydrogen-bond acceptors (Lipinski definition) is 3. The summed E-state index contributed by atoms with van der Waals surface area (Å²) in [6.45, 7) is 0. The highest BCUT2D eigenvalue weighted by Crippen LogP contribution is 2.54. The monoisotopic (exact) mass is 398 g/mol. The summed E-state index contributed by atoms with van der Waals surface area (Å²) >= 11 is 5.88. The predicted octanol–water partition coefficient (Wildman–Crippen LogP) is 5.01. The van der Waals surface area contributed by atoms with E-state index in [0.29, 0.717) is 17.9 Å². The second kappa shape index (κ2) is 6.20. The molecule has 7 heteroatoms. The molecule has 2 aromatic carbocycles. The standard InChI is InChI=1S/C19H17ClF2O3S/c20-12-4-6-14(7-5-12)26(23,24)19-10-2-1-3-13(11-19)25-18-16(22)9-8-15(21)17(18)19/h4-9,13H,1-3,10-11H2/t13-,19-/m0/s1. The van der Waals surface area contributed by atoms with Crippen molar-refractivity contribution < 1.29 is 21.9 Å². The van der Waals surface area contributed by atoms with E-state index in [9.17, 15) is 17.2 Å². The molecule has 2 aromatic rings. The molecule has 4 rings (SSSR count). The van der Waals surface area contributed by atoms with Gasteiger partial charge in [-0.2, -0.15) is 0 Å². The maximum absolute atomic E-state index is 14.8. The van der Waals surface area contributed by atoms with Crippen molar-refractivity contribution in [3.05, 3.63) is 58.6 Å². The third-order valence-corrected chi connectivity index (χ3v) is 8.10. The van der Waals surface area contributed by atoms with Gasteiger partial charge in [-0.25, -0.2) is 17.2 Å². The lowest BCUT2D eigenvalue weighted by atomic mass is 9.86. The molecule has 138 valence electrons. The van der Waals surface area contributed by atoms with E-state index in [2.05, 4.69) is 0 Å². The number of fused-ring (bicyclic) bond motifs is 4. The fourth-order valence-corrected chi connectivity index (χ4v) is 6.49. The summed E-state index contributed by atoms with van der Waals surface area (Å²) in [6.07, 6.45) is 1.86. The number of halogens is 3. The fraction of sp³-hybridized carbons (Fsp3) is 0.368. The minimum atomic E-state index is -3.99. The molecule has 2 bridgehead atoms. The number of sulfone groups is 1. The van der Waals surface area contributed by atoms with Gasteiger partial charge in [-0.15, -0.1) is 0 Å². The molecular formula is C19H17ClF2O3S. The fourth-order valence-electron chi connectivity index (χ4n) is 4.14. The van der Waals surface area contributed by atoms with Crippen molar-refractivity contribution in [3.63, 3.8) is 0 Å². The molecule has 0 radical (unpaired) electrons. The van der Waals surface area contributed by atoms with Crippen molar-refractivity contribution in [2.24, 2.45) is 0 Å². The van der Waals surface area contributed by atoms with Crippen molar-refractivity contribution in [2.75, 3.05) is 0 Å². The molecule has 0 N–H and O–H groups in total. The maximum Gasteiger partial charge on any atom is 0.188 e. The molecule has 0 unspecified atom stereocenters. The summed E-state index contributed by atoms with van der Waals surface area (Å²) in [5, 5.41) is 0.407. The predicted molar refractivity (Wildman–Crippen MR) is 94.2 cm³/mol. The third kappa shape index (κ3) is 2.54. The average molecular weight is 399 g/mol. The molecular weight excluding hydrogens is 382 g/mol. The van der Waals surface area contributed by atoms with Crippen LogP contribution < -0.4 is 4.74 Å². The summed E-state index contributed by atoms with van der Waals surface area (Å²) in [5.74, 6) is -1.75. The van der Waals surface area contributed by atoms with Crippen molar-refractivity contribution >= 4 is 21.4 Å². The van der Waals surface area contributed by atoms with Gasteiger partial charge in [0.1, 0.15) is 16.7 Å². The minimum absolute atomic E-state index is 0.0547. The van der Waals surface area contributed by atoms with E-state index < -0.39 is 32.3 Å². The minimum Gasteiger partial charge on any atom is -0.487 e. The highest BCUT2D eigenvalue weighted by Gasteiger charge is 2.54. The van der Waals surface area contributed by atoms with Gasteiger partial charge in [-0.05, 0) is 55.7 Å². The molecule has 0 spiro atoms. The van der Waals surface area contributed by atoms with Crippen LogP contribution in [-0.2, 0) is 14.6 Å². The number of benzene rings is 2. The lowest BCUT2D eigenvalue weighted by Gasteiger charge is -2.40. The highest BCUT2D eigenvalue weighted by atomic mass is 35.5. The highest BCUT2D eigenvalue weighted by molar-refractivity contribution is 7.92. The molecule has 1 aliphatic heterocycles. The molecule has 1 fully saturated rings. The third-order valence-electron chi connectivity index (χ3n) is 5.35. The zero-order valence-corrected chi connectivity index (χ0v) is 15.4. The Kier molecular flexibility index (Phi) is 4.23. The van der Waals surface area contributed by atoms with Gasteiger partial charge < -0.3 is 4.74 Å². The van der Waals surface area contributed by atoms with E-state index in [4.69, 9.17) is 16.3 Å². The molecule has 0 amide bonds. The van der Waals surface area contributed by atoms with Gasteiger partial charge in [-0.3, -0.25) is 0 Å². The van der Waals surface area contributed by atoms with Gasteiger partial charge in [0, 0.05) is 11.4 Å². The normalized spacial score (nSPS) is 25.1. The Morgan fingerprint density at radius 2 is 1.73 bits per heavy atom. The van der Waals surface area contributed by atoms with Crippen molar-refractivity contribution in [1.82, 2.24) is 0 Å². The first-order valence-corrected chi connectivity index (χ1v) is 10.4. The first-order valence-electron chi connectivity index (χ1n) is 8.50. The second-order valence-electron chi connectivity index (χ2n) is 6.87. The molecule has 2 atom stereocenters. The van der Waals surface area contributed by atoms with Crippen LogP contribution in [0.15, 0.2) is 41.3 Å². The van der Waals surface area contributed by atoms with Crippen LogP contribution in [0.25, 0.3) is 0 Å². The first kappa shape index (κ1) is 17.7. The van der Waals surface area contributed by atoms with E-state index in [1.165, 1.54) is 24.3 Å². The Labute approximate surface area is 155 Å². The van der Waals surface area contributed by atoms with Gasteiger partial charge in [0.25, 0.3) is 0 Å². The van der Waals surface area contributed by atoms with Crippen LogP contribution in [0.4, 0.5) is 8.78 Å². The Bertz CT molecular complexity index is 959. The average Bonchev–Trinajstić information content (AvgIpc) is 2.78. The van der Waals surface area contributed by atoms with Gasteiger partial charge in [0.15, 0.2) is 21.4 Å². The lowest BCUT2D eigenvalue weighted by Crippen LogP contribution is -2.44. The Balaban J connectivity index is 2.01. The van der Waals surface area contributed by atoms with E-state index >= 15 is 0 Å². The number of hydrogen-bond donors (Lipinski definition) is 0. The van der Waals surface area contributed by atoms with Gasteiger partial charge in [-0.1, -0.05) is 18.0 Å². The van der Waals surface area contributed by atoms with Gasteiger partial charge in [0.2, 0.25) is 0 Å². The zero-order valence-electron chi connectivity index (χ0n) is 13.8. The summed E-state index contributed by atoms with van der Waals surface area (Å²) in [6, 6.07) is 7.76. The Hall–Kier alpha value is -1.66. The molecule has 0 saturated heterocycles. The van der Waals surface area contributed by atoms with Crippen LogP contribution in [0, 0.1) is 11.6 Å². The molecule has 26 heavy (non-hydrogen) atoms. The van der Waals surface area contributed by atoms with Crippen LogP contribution in [0.3, 0.4) is 0 Å². The molecule has 3 nitrogen and oxygen atoms in total. The van der Waals surface area contributed by atoms with E-state index in [1.54, 1.807) is 0 Å². The number of rotatable bonds is 2. The molecule has 0 aromatic heterocycles. The zero-order chi connectivity index (χ0) is 18.5. The second-order valence-corrected chi connectivity index (χ2v) is 9.57. The van der Waals surface area contributed by atoms with Crippen molar-refractivity contribution in [2.45, 2.75) is 47.9 Å². The van der Waals surface area contributed by atoms with Crippen molar-refractivity contribution in [3.8, 4) is 5.75 Å². The SMILES string of the molecule is O=S(=O)(c1ccc(Cl)cc1)[C@@]12CCCC[C@@H](C1)Oc1c(F)ccc(F)c12. The lowest BCUT2D eigenvalue weighted by molar-refractivity contribution is 0.137. The molecule has 1 heterocycles. The smallest absolute Gasteiger partial charge is 0.188 e. The quantitative estimate of drug-likeness (QED) is 0.714.